The Kier molecular flexibility index (Phi) is 6.44. The number of hydrogen-bond donors (Lipinski definition) is 3. The lowest BCUT2D eigenvalue weighted by Crippen LogP contribution is -2.21. The van der Waals surface area contributed by atoms with E-state index in [1.54, 1.807) is 4.68 Å². The normalized spacial score (nSPS) is 11.2. The number of aromatic nitrogens is 2. The molecule has 2 amide bonds. The van der Waals surface area contributed by atoms with Gasteiger partial charge in [-0.15, -0.1) is 0 Å². The van der Waals surface area contributed by atoms with Crippen LogP contribution in [0.2, 0.25) is 0 Å². The minimum atomic E-state index is -0.838. The molecule has 0 atom stereocenters. The van der Waals surface area contributed by atoms with Gasteiger partial charge in [-0.05, 0) is 43.2 Å². The first-order chi connectivity index (χ1) is 14.6. The van der Waals surface area contributed by atoms with Crippen molar-refractivity contribution in [2.75, 3.05) is 10.6 Å². The monoisotopic (exact) mass is 420 g/mol. The molecular formula is C24H28N4O3. The van der Waals surface area contributed by atoms with Gasteiger partial charge in [0.25, 0.3) is 0 Å². The molecule has 7 heteroatoms. The number of aryl methyl sites for hydroxylation is 2. The molecule has 0 spiro atoms. The van der Waals surface area contributed by atoms with Gasteiger partial charge in [0.05, 0.1) is 11.4 Å². The number of aliphatic carboxylic acids is 1. The van der Waals surface area contributed by atoms with Gasteiger partial charge in [0.1, 0.15) is 5.82 Å². The Morgan fingerprint density at radius 1 is 1.03 bits per heavy atom. The molecule has 1 aromatic heterocycles. The third-order valence-corrected chi connectivity index (χ3v) is 4.81. The highest BCUT2D eigenvalue weighted by Gasteiger charge is 2.21. The van der Waals surface area contributed by atoms with Crippen molar-refractivity contribution in [2.45, 2.75) is 46.0 Å². The number of carboxylic acid groups (broad SMARTS) is 1. The molecule has 0 aliphatic carbocycles. The lowest BCUT2D eigenvalue weighted by molar-refractivity contribution is -0.136. The van der Waals surface area contributed by atoms with Crippen molar-refractivity contribution in [1.29, 1.82) is 0 Å². The lowest BCUT2D eigenvalue weighted by Gasteiger charge is -2.14. The first-order valence-corrected chi connectivity index (χ1v) is 10.2. The fourth-order valence-corrected chi connectivity index (χ4v) is 3.04. The quantitative estimate of drug-likeness (QED) is 0.514. The summed E-state index contributed by atoms with van der Waals surface area (Å²) < 4.78 is 1.68. The van der Waals surface area contributed by atoms with E-state index in [1.807, 2.05) is 61.5 Å². The third-order valence-electron chi connectivity index (χ3n) is 4.81. The first kappa shape index (κ1) is 22.1. The minimum Gasteiger partial charge on any atom is -0.481 e. The number of nitrogens with one attached hydrogen (secondary N) is 2. The van der Waals surface area contributed by atoms with Crippen LogP contribution in [0.25, 0.3) is 5.69 Å². The zero-order valence-corrected chi connectivity index (χ0v) is 18.3. The van der Waals surface area contributed by atoms with Crippen molar-refractivity contribution in [3.05, 3.63) is 71.4 Å². The van der Waals surface area contributed by atoms with E-state index < -0.39 is 5.97 Å². The van der Waals surface area contributed by atoms with Gasteiger partial charge in [-0.1, -0.05) is 50.6 Å². The van der Waals surface area contributed by atoms with Crippen LogP contribution in [0, 0.1) is 6.92 Å². The van der Waals surface area contributed by atoms with Crippen LogP contribution in [0.4, 0.5) is 16.3 Å². The van der Waals surface area contributed by atoms with Crippen LogP contribution in [0.1, 0.15) is 44.0 Å². The van der Waals surface area contributed by atoms with Crippen molar-refractivity contribution in [1.82, 2.24) is 9.78 Å². The molecule has 0 aliphatic rings. The van der Waals surface area contributed by atoms with Crippen molar-refractivity contribution in [3.8, 4) is 5.69 Å². The largest absolute Gasteiger partial charge is 0.481 e. The molecule has 0 aliphatic heterocycles. The Bertz CT molecular complexity index is 1080. The van der Waals surface area contributed by atoms with E-state index in [2.05, 4.69) is 31.4 Å². The van der Waals surface area contributed by atoms with E-state index in [4.69, 9.17) is 10.2 Å². The number of rotatable bonds is 6. The highest BCUT2D eigenvalue weighted by molar-refractivity contribution is 5.99. The highest BCUT2D eigenvalue weighted by atomic mass is 16.4. The number of benzene rings is 2. The minimum absolute atomic E-state index is 0.0554. The molecule has 3 N–H and O–H groups in total. The smallest absolute Gasteiger partial charge is 0.324 e. The van der Waals surface area contributed by atoms with Gasteiger partial charge in [-0.25, -0.2) is 9.48 Å². The Morgan fingerprint density at radius 2 is 1.74 bits per heavy atom. The summed E-state index contributed by atoms with van der Waals surface area (Å²) in [4.78, 5) is 23.5. The summed E-state index contributed by atoms with van der Waals surface area (Å²) in [6.45, 7) is 8.15. The molecule has 0 radical (unpaired) electrons. The van der Waals surface area contributed by atoms with Gasteiger partial charge in [0, 0.05) is 23.6 Å². The fraction of sp³-hybridized carbons (Fsp3) is 0.292. The van der Waals surface area contributed by atoms with Crippen LogP contribution >= 0.6 is 0 Å². The Hall–Kier alpha value is -3.61. The van der Waals surface area contributed by atoms with Crippen LogP contribution in [0.15, 0.2) is 54.6 Å². The maximum absolute atomic E-state index is 12.6. The number of hydrogen-bond acceptors (Lipinski definition) is 3. The van der Waals surface area contributed by atoms with Crippen LogP contribution in [0.3, 0.4) is 0 Å². The number of anilines is 2. The number of urea groups is 1. The van der Waals surface area contributed by atoms with Crippen LogP contribution in [-0.4, -0.2) is 26.9 Å². The van der Waals surface area contributed by atoms with Crippen molar-refractivity contribution >= 4 is 23.5 Å². The van der Waals surface area contributed by atoms with Gasteiger partial charge in [0.15, 0.2) is 0 Å². The Morgan fingerprint density at radius 3 is 2.39 bits per heavy atom. The molecule has 0 saturated heterocycles. The van der Waals surface area contributed by atoms with E-state index in [9.17, 15) is 9.59 Å². The molecule has 0 saturated carbocycles. The van der Waals surface area contributed by atoms with E-state index in [0.717, 1.165) is 22.5 Å². The summed E-state index contributed by atoms with van der Waals surface area (Å²) in [7, 11) is 0. The lowest BCUT2D eigenvalue weighted by atomic mass is 9.92. The summed E-state index contributed by atoms with van der Waals surface area (Å²) in [5, 5.41) is 19.4. The molecule has 0 fully saturated rings. The summed E-state index contributed by atoms with van der Waals surface area (Å²) in [5.41, 5.74) is 4.07. The fourth-order valence-electron chi connectivity index (χ4n) is 3.04. The topological polar surface area (TPSA) is 96.3 Å². The van der Waals surface area contributed by atoms with Crippen LogP contribution in [0.5, 0.6) is 0 Å². The van der Waals surface area contributed by atoms with Crippen molar-refractivity contribution in [3.63, 3.8) is 0 Å². The van der Waals surface area contributed by atoms with Crippen molar-refractivity contribution in [2.24, 2.45) is 0 Å². The predicted molar refractivity (Wildman–Crippen MR) is 122 cm³/mol. The number of carboxylic acids is 1. The molecule has 3 aromatic rings. The molecule has 0 bridgehead atoms. The van der Waals surface area contributed by atoms with E-state index in [0.29, 0.717) is 17.9 Å². The predicted octanol–water partition coefficient (Wildman–Crippen LogP) is 5.14. The van der Waals surface area contributed by atoms with Crippen LogP contribution < -0.4 is 10.6 Å². The molecular weight excluding hydrogens is 392 g/mol. The number of carbonyl (C=O) groups excluding carboxylic acids is 1. The molecule has 7 nitrogen and oxygen atoms in total. The summed E-state index contributed by atoms with van der Waals surface area (Å²) in [6, 6.07) is 16.6. The third kappa shape index (κ3) is 5.94. The molecule has 3 rings (SSSR count). The zero-order valence-electron chi connectivity index (χ0n) is 18.3. The number of carbonyl (C=O) groups is 2. The SMILES string of the molecule is Cc1ccc(NC(=O)Nc2cc(C(C)(C)C)nn2-c2cccc(CCC(=O)O)c2)cc1. The number of amides is 2. The van der Waals surface area contributed by atoms with Gasteiger partial charge in [0.2, 0.25) is 0 Å². The van der Waals surface area contributed by atoms with Gasteiger partial charge in [-0.3, -0.25) is 10.1 Å². The van der Waals surface area contributed by atoms with Gasteiger partial charge in [-0.2, -0.15) is 5.10 Å². The first-order valence-electron chi connectivity index (χ1n) is 10.2. The second-order valence-electron chi connectivity index (χ2n) is 8.59. The standard InChI is InChI=1S/C24H28N4O3/c1-16-8-11-18(12-9-16)25-23(31)26-21-15-20(24(2,3)4)27-28(21)19-7-5-6-17(14-19)10-13-22(29)30/h5-9,11-12,14-15H,10,13H2,1-4H3,(H,29,30)(H2,25,26,31). The second-order valence-corrected chi connectivity index (χ2v) is 8.59. The number of nitrogens with zero attached hydrogens (tertiary/aromatic N) is 2. The average molecular weight is 421 g/mol. The van der Waals surface area contributed by atoms with E-state index in [-0.39, 0.29) is 17.9 Å². The molecule has 162 valence electrons. The summed E-state index contributed by atoms with van der Waals surface area (Å²) in [5.74, 6) is -0.306. The van der Waals surface area contributed by atoms with Crippen LogP contribution in [-0.2, 0) is 16.6 Å². The zero-order chi connectivity index (χ0) is 22.6. The Balaban J connectivity index is 1.88. The maximum Gasteiger partial charge on any atom is 0.324 e. The molecule has 31 heavy (non-hydrogen) atoms. The van der Waals surface area contributed by atoms with E-state index >= 15 is 0 Å². The molecule has 2 aromatic carbocycles. The van der Waals surface area contributed by atoms with E-state index in [1.165, 1.54) is 0 Å². The second kappa shape index (κ2) is 9.04. The maximum atomic E-state index is 12.6. The highest BCUT2D eigenvalue weighted by Crippen LogP contribution is 2.27. The average Bonchev–Trinajstić information content (AvgIpc) is 3.12. The molecule has 1 heterocycles. The summed E-state index contributed by atoms with van der Waals surface area (Å²) in [6.07, 6.45) is 0.479. The van der Waals surface area contributed by atoms with Gasteiger partial charge >= 0.3 is 12.0 Å². The van der Waals surface area contributed by atoms with Gasteiger partial charge < -0.3 is 10.4 Å². The molecule has 0 unspecified atom stereocenters. The Labute approximate surface area is 182 Å². The summed E-state index contributed by atoms with van der Waals surface area (Å²) >= 11 is 0. The van der Waals surface area contributed by atoms with Crippen molar-refractivity contribution < 1.29 is 14.7 Å².